The van der Waals surface area contributed by atoms with Crippen molar-refractivity contribution >= 4 is 11.8 Å². The van der Waals surface area contributed by atoms with Gasteiger partial charge in [-0.2, -0.15) is 0 Å². The normalized spacial score (nSPS) is 10.1. The van der Waals surface area contributed by atoms with Crippen LogP contribution in [-0.2, 0) is 0 Å². The SMILES string of the molecule is CNCCSc1nccc(=O)[nH]1. The molecule has 0 aliphatic carbocycles. The molecule has 4 nitrogen and oxygen atoms in total. The lowest BCUT2D eigenvalue weighted by Crippen LogP contribution is -2.11. The Morgan fingerprint density at radius 1 is 1.75 bits per heavy atom. The number of H-pyrrole nitrogens is 1. The van der Waals surface area contributed by atoms with Gasteiger partial charge in [-0.05, 0) is 7.05 Å². The highest BCUT2D eigenvalue weighted by Crippen LogP contribution is 2.07. The van der Waals surface area contributed by atoms with Gasteiger partial charge in [0, 0.05) is 24.6 Å². The predicted molar refractivity (Wildman–Crippen MR) is 49.5 cm³/mol. The van der Waals surface area contributed by atoms with Gasteiger partial charge in [-0.15, -0.1) is 0 Å². The highest BCUT2D eigenvalue weighted by atomic mass is 32.2. The van der Waals surface area contributed by atoms with Crippen LogP contribution in [0, 0.1) is 0 Å². The molecule has 0 saturated heterocycles. The van der Waals surface area contributed by atoms with Crippen LogP contribution < -0.4 is 10.9 Å². The molecule has 1 aromatic heterocycles. The fourth-order valence-electron chi connectivity index (χ4n) is 0.675. The maximum atomic E-state index is 10.8. The fraction of sp³-hybridized carbons (Fsp3) is 0.429. The zero-order chi connectivity index (χ0) is 8.81. The van der Waals surface area contributed by atoms with E-state index < -0.39 is 0 Å². The van der Waals surface area contributed by atoms with Crippen molar-refractivity contribution in [3.63, 3.8) is 0 Å². The van der Waals surface area contributed by atoms with E-state index in [1.165, 1.54) is 24.0 Å². The third-order valence-electron chi connectivity index (χ3n) is 1.24. The van der Waals surface area contributed by atoms with Crippen molar-refractivity contribution < 1.29 is 0 Å². The molecule has 1 heterocycles. The quantitative estimate of drug-likeness (QED) is 0.396. The molecule has 12 heavy (non-hydrogen) atoms. The van der Waals surface area contributed by atoms with Crippen LogP contribution in [-0.4, -0.2) is 29.3 Å². The summed E-state index contributed by atoms with van der Waals surface area (Å²) >= 11 is 1.53. The molecule has 5 heteroatoms. The average molecular weight is 185 g/mol. The number of aromatic nitrogens is 2. The molecule has 0 spiro atoms. The van der Waals surface area contributed by atoms with Crippen LogP contribution in [0.2, 0.25) is 0 Å². The maximum absolute atomic E-state index is 10.8. The Morgan fingerprint density at radius 3 is 3.25 bits per heavy atom. The molecule has 1 aromatic rings. The molecular formula is C7H11N3OS. The Bertz CT molecular complexity index is 286. The first-order valence-electron chi connectivity index (χ1n) is 3.65. The number of thioether (sulfide) groups is 1. The van der Waals surface area contributed by atoms with E-state index in [0.29, 0.717) is 5.16 Å². The minimum absolute atomic E-state index is 0.100. The van der Waals surface area contributed by atoms with Crippen molar-refractivity contribution in [2.24, 2.45) is 0 Å². The van der Waals surface area contributed by atoms with E-state index in [1.807, 2.05) is 7.05 Å². The Hall–Kier alpha value is -0.810. The summed E-state index contributed by atoms with van der Waals surface area (Å²) in [5.41, 5.74) is -0.100. The zero-order valence-electron chi connectivity index (χ0n) is 6.83. The summed E-state index contributed by atoms with van der Waals surface area (Å²) in [7, 11) is 1.89. The van der Waals surface area contributed by atoms with Gasteiger partial charge in [0.05, 0.1) is 0 Å². The molecule has 0 aromatic carbocycles. The van der Waals surface area contributed by atoms with Crippen molar-refractivity contribution in [3.8, 4) is 0 Å². The second kappa shape index (κ2) is 4.95. The minimum Gasteiger partial charge on any atom is -0.319 e. The van der Waals surface area contributed by atoms with Crippen molar-refractivity contribution in [2.45, 2.75) is 5.16 Å². The predicted octanol–water partition coefficient (Wildman–Crippen LogP) is 0.0814. The molecule has 0 amide bonds. The molecule has 0 atom stereocenters. The average Bonchev–Trinajstić information content (AvgIpc) is 2.05. The van der Waals surface area contributed by atoms with Gasteiger partial charge in [0.2, 0.25) is 0 Å². The van der Waals surface area contributed by atoms with Gasteiger partial charge >= 0.3 is 0 Å². The van der Waals surface area contributed by atoms with Crippen LogP contribution >= 0.6 is 11.8 Å². The van der Waals surface area contributed by atoms with Crippen molar-refractivity contribution in [3.05, 3.63) is 22.6 Å². The standard InChI is InChI=1S/C7H11N3OS/c1-8-4-5-12-7-9-3-2-6(11)10-7/h2-3,8H,4-5H2,1H3,(H,9,10,11). The highest BCUT2D eigenvalue weighted by molar-refractivity contribution is 7.99. The topological polar surface area (TPSA) is 57.8 Å². The fourth-order valence-corrected chi connectivity index (χ4v) is 1.48. The molecule has 0 fully saturated rings. The Morgan fingerprint density at radius 2 is 2.58 bits per heavy atom. The summed E-state index contributed by atoms with van der Waals surface area (Å²) in [6.07, 6.45) is 1.51. The van der Waals surface area contributed by atoms with Gasteiger partial charge in [0.15, 0.2) is 5.16 Å². The third kappa shape index (κ3) is 3.06. The Labute approximate surface area is 74.8 Å². The summed E-state index contributed by atoms with van der Waals surface area (Å²) in [6, 6.07) is 1.40. The number of rotatable bonds is 4. The summed E-state index contributed by atoms with van der Waals surface area (Å²) in [5.74, 6) is 0.906. The first kappa shape index (κ1) is 9.28. The van der Waals surface area contributed by atoms with Crippen molar-refractivity contribution in [2.75, 3.05) is 19.3 Å². The van der Waals surface area contributed by atoms with E-state index in [2.05, 4.69) is 15.3 Å². The van der Waals surface area contributed by atoms with Gasteiger partial charge < -0.3 is 10.3 Å². The molecule has 1 rings (SSSR count). The van der Waals surface area contributed by atoms with Gasteiger partial charge in [-0.3, -0.25) is 4.79 Å². The highest BCUT2D eigenvalue weighted by Gasteiger charge is 1.93. The molecule has 2 N–H and O–H groups in total. The lowest BCUT2D eigenvalue weighted by Gasteiger charge is -1.98. The molecule has 66 valence electrons. The number of aromatic amines is 1. The lowest BCUT2D eigenvalue weighted by molar-refractivity contribution is 0.865. The van der Waals surface area contributed by atoms with E-state index in [1.54, 1.807) is 0 Å². The van der Waals surface area contributed by atoms with Crippen LogP contribution in [0.5, 0.6) is 0 Å². The van der Waals surface area contributed by atoms with Crippen molar-refractivity contribution in [1.29, 1.82) is 0 Å². The first-order valence-corrected chi connectivity index (χ1v) is 4.64. The van der Waals surface area contributed by atoms with Gasteiger partial charge in [0.25, 0.3) is 5.56 Å². The second-order valence-corrected chi connectivity index (χ2v) is 3.27. The summed E-state index contributed by atoms with van der Waals surface area (Å²) in [4.78, 5) is 17.4. The minimum atomic E-state index is -0.100. The molecule has 0 aliphatic rings. The van der Waals surface area contributed by atoms with E-state index >= 15 is 0 Å². The number of hydrogen-bond donors (Lipinski definition) is 2. The number of nitrogens with one attached hydrogen (secondary N) is 2. The summed E-state index contributed by atoms with van der Waals surface area (Å²) < 4.78 is 0. The third-order valence-corrected chi connectivity index (χ3v) is 2.13. The molecule has 0 saturated carbocycles. The van der Waals surface area contributed by atoms with Crippen LogP contribution in [0.3, 0.4) is 0 Å². The van der Waals surface area contributed by atoms with Gasteiger partial charge in [-0.1, -0.05) is 11.8 Å². The van der Waals surface area contributed by atoms with Crippen molar-refractivity contribution in [1.82, 2.24) is 15.3 Å². The molecule has 0 radical (unpaired) electrons. The van der Waals surface area contributed by atoms with Gasteiger partial charge in [0.1, 0.15) is 0 Å². The molecular weight excluding hydrogens is 174 g/mol. The zero-order valence-corrected chi connectivity index (χ0v) is 7.65. The van der Waals surface area contributed by atoms with E-state index in [0.717, 1.165) is 12.3 Å². The number of nitrogens with zero attached hydrogens (tertiary/aromatic N) is 1. The van der Waals surface area contributed by atoms with Crippen LogP contribution in [0.25, 0.3) is 0 Å². The van der Waals surface area contributed by atoms with Gasteiger partial charge in [-0.25, -0.2) is 4.98 Å². The van der Waals surface area contributed by atoms with Crippen LogP contribution in [0.4, 0.5) is 0 Å². The van der Waals surface area contributed by atoms with E-state index in [9.17, 15) is 4.79 Å². The summed E-state index contributed by atoms with van der Waals surface area (Å²) in [5, 5.41) is 3.69. The van der Waals surface area contributed by atoms with Crippen LogP contribution in [0.1, 0.15) is 0 Å². The summed E-state index contributed by atoms with van der Waals surface area (Å²) in [6.45, 7) is 0.906. The first-order chi connectivity index (χ1) is 5.83. The van der Waals surface area contributed by atoms with E-state index in [-0.39, 0.29) is 5.56 Å². The molecule has 0 bridgehead atoms. The van der Waals surface area contributed by atoms with E-state index in [4.69, 9.17) is 0 Å². The maximum Gasteiger partial charge on any atom is 0.251 e. The van der Waals surface area contributed by atoms with Crippen LogP contribution in [0.15, 0.2) is 22.2 Å². The smallest absolute Gasteiger partial charge is 0.251 e. The Kier molecular flexibility index (Phi) is 3.83. The molecule has 0 aliphatic heterocycles. The monoisotopic (exact) mass is 185 g/mol. The largest absolute Gasteiger partial charge is 0.319 e. The lowest BCUT2D eigenvalue weighted by atomic mass is 10.7. The second-order valence-electron chi connectivity index (χ2n) is 2.19. The Balaban J connectivity index is 2.47. The molecule has 0 unspecified atom stereocenters. The number of hydrogen-bond acceptors (Lipinski definition) is 4.